The van der Waals surface area contributed by atoms with E-state index >= 15 is 0 Å². The van der Waals surface area contributed by atoms with Crippen LogP contribution in [0.3, 0.4) is 0 Å². The molecular weight excluding hydrogens is 388 g/mol. The quantitative estimate of drug-likeness (QED) is 0.683. The van der Waals surface area contributed by atoms with Gasteiger partial charge in [-0.2, -0.15) is 0 Å². The number of aryl methyl sites for hydroxylation is 1. The molecule has 0 aliphatic carbocycles. The lowest BCUT2D eigenvalue weighted by Crippen LogP contribution is -2.45. The topological polar surface area (TPSA) is 54.7 Å². The Balaban J connectivity index is 1.35. The van der Waals surface area contributed by atoms with E-state index < -0.39 is 5.60 Å². The first-order valence-electron chi connectivity index (χ1n) is 9.88. The van der Waals surface area contributed by atoms with E-state index in [0.717, 1.165) is 22.2 Å². The fourth-order valence-electron chi connectivity index (χ4n) is 4.05. The maximum atomic E-state index is 12.7. The van der Waals surface area contributed by atoms with E-state index in [0.29, 0.717) is 43.9 Å². The Morgan fingerprint density at radius 2 is 1.86 bits per heavy atom. The maximum absolute atomic E-state index is 12.7. The highest BCUT2D eigenvalue weighted by molar-refractivity contribution is 6.30. The van der Waals surface area contributed by atoms with Gasteiger partial charge >= 0.3 is 0 Å². The molecule has 1 amide bonds. The summed E-state index contributed by atoms with van der Waals surface area (Å²) in [6, 6.07) is 15.3. The summed E-state index contributed by atoms with van der Waals surface area (Å²) in [6.07, 6.45) is 3.52. The highest BCUT2D eigenvalue weighted by Gasteiger charge is 2.35. The van der Waals surface area contributed by atoms with Crippen LogP contribution in [0.25, 0.3) is 10.9 Å². The van der Waals surface area contributed by atoms with E-state index in [-0.39, 0.29) is 5.91 Å². The zero-order chi connectivity index (χ0) is 20.4. The smallest absolute Gasteiger partial charge is 0.224 e. The molecule has 6 heteroatoms. The van der Waals surface area contributed by atoms with Crippen molar-refractivity contribution in [1.29, 1.82) is 0 Å². The van der Waals surface area contributed by atoms with Gasteiger partial charge in [0, 0.05) is 48.2 Å². The lowest BCUT2D eigenvalue weighted by molar-refractivity contribution is -0.136. The van der Waals surface area contributed by atoms with Gasteiger partial charge < -0.3 is 19.3 Å². The number of methoxy groups -OCH3 is 1. The van der Waals surface area contributed by atoms with Gasteiger partial charge in [0.15, 0.2) is 0 Å². The first-order valence-corrected chi connectivity index (χ1v) is 10.3. The summed E-state index contributed by atoms with van der Waals surface area (Å²) in [4.78, 5) is 14.6. The lowest BCUT2D eigenvalue weighted by atomic mass is 9.84. The van der Waals surface area contributed by atoms with Crippen molar-refractivity contribution in [1.82, 2.24) is 9.47 Å². The third kappa shape index (κ3) is 4.11. The number of carbonyl (C=O) groups is 1. The zero-order valence-corrected chi connectivity index (χ0v) is 17.2. The second-order valence-electron chi connectivity index (χ2n) is 7.60. The summed E-state index contributed by atoms with van der Waals surface area (Å²) in [5.74, 6) is 0.950. The molecule has 2 heterocycles. The number of benzene rings is 2. The van der Waals surface area contributed by atoms with Crippen molar-refractivity contribution in [2.75, 3.05) is 20.2 Å². The molecule has 1 fully saturated rings. The third-order valence-electron chi connectivity index (χ3n) is 5.87. The summed E-state index contributed by atoms with van der Waals surface area (Å²) >= 11 is 5.95. The van der Waals surface area contributed by atoms with Gasteiger partial charge in [-0.3, -0.25) is 4.79 Å². The molecule has 1 N–H and O–H groups in total. The van der Waals surface area contributed by atoms with Crippen molar-refractivity contribution in [3.63, 3.8) is 0 Å². The van der Waals surface area contributed by atoms with E-state index in [2.05, 4.69) is 4.57 Å². The fraction of sp³-hybridized carbons (Fsp3) is 0.348. The van der Waals surface area contributed by atoms with Gasteiger partial charge in [-0.15, -0.1) is 0 Å². The molecule has 0 unspecified atom stereocenters. The molecule has 0 radical (unpaired) electrons. The number of halogens is 1. The van der Waals surface area contributed by atoms with Gasteiger partial charge in [0.05, 0.1) is 12.7 Å². The van der Waals surface area contributed by atoms with Gasteiger partial charge in [0.25, 0.3) is 0 Å². The number of amides is 1. The number of rotatable bonds is 5. The van der Waals surface area contributed by atoms with Crippen LogP contribution >= 0.6 is 11.6 Å². The number of carbonyl (C=O) groups excluding carboxylic acids is 1. The van der Waals surface area contributed by atoms with E-state index in [1.807, 2.05) is 47.5 Å². The summed E-state index contributed by atoms with van der Waals surface area (Å²) in [6.45, 7) is 1.75. The first-order chi connectivity index (χ1) is 14.0. The molecule has 0 bridgehead atoms. The van der Waals surface area contributed by atoms with Crippen LogP contribution in [0.2, 0.25) is 5.02 Å². The third-order valence-corrected chi connectivity index (χ3v) is 6.12. The molecule has 2 aromatic carbocycles. The number of hydrogen-bond donors (Lipinski definition) is 1. The number of aromatic nitrogens is 1. The van der Waals surface area contributed by atoms with Gasteiger partial charge in [-0.05, 0) is 54.8 Å². The van der Waals surface area contributed by atoms with E-state index in [4.69, 9.17) is 16.3 Å². The molecule has 5 nitrogen and oxygen atoms in total. The average molecular weight is 413 g/mol. The van der Waals surface area contributed by atoms with E-state index in [1.54, 1.807) is 19.2 Å². The molecule has 1 saturated heterocycles. The van der Waals surface area contributed by atoms with Crippen LogP contribution in [0.5, 0.6) is 5.75 Å². The molecule has 1 aromatic heterocycles. The van der Waals surface area contributed by atoms with Crippen LogP contribution in [0.4, 0.5) is 0 Å². The number of hydrogen-bond acceptors (Lipinski definition) is 3. The number of ether oxygens (including phenoxy) is 1. The minimum absolute atomic E-state index is 0.124. The predicted octanol–water partition coefficient (Wildman–Crippen LogP) is 4.20. The molecule has 152 valence electrons. The van der Waals surface area contributed by atoms with Gasteiger partial charge in [-0.1, -0.05) is 23.7 Å². The van der Waals surface area contributed by atoms with Crippen LogP contribution in [0.15, 0.2) is 54.7 Å². The van der Waals surface area contributed by atoms with Crippen LogP contribution in [0, 0.1) is 0 Å². The van der Waals surface area contributed by atoms with Crippen molar-refractivity contribution in [3.8, 4) is 5.75 Å². The first kappa shape index (κ1) is 19.8. The Bertz CT molecular complexity index is 1000. The molecule has 4 rings (SSSR count). The number of nitrogens with zero attached hydrogens (tertiary/aromatic N) is 2. The Hall–Kier alpha value is -2.50. The fourth-order valence-corrected chi connectivity index (χ4v) is 4.18. The number of likely N-dealkylation sites (tertiary alicyclic amines) is 1. The minimum Gasteiger partial charge on any atom is -0.497 e. The Morgan fingerprint density at radius 3 is 2.55 bits per heavy atom. The van der Waals surface area contributed by atoms with E-state index in [9.17, 15) is 9.90 Å². The van der Waals surface area contributed by atoms with Crippen LogP contribution in [-0.4, -0.2) is 40.7 Å². The normalized spacial score (nSPS) is 16.2. The predicted molar refractivity (Wildman–Crippen MR) is 114 cm³/mol. The molecule has 0 saturated carbocycles. The average Bonchev–Trinajstić information content (AvgIpc) is 3.15. The standard InChI is InChI=1S/C23H25ClN2O3/c1-29-20-6-7-21-17(16-20)8-12-25(21)13-9-22(27)26-14-10-23(28,11-15-26)18-2-4-19(24)5-3-18/h2-8,12,16,28H,9-11,13-15H2,1H3. The molecule has 1 aliphatic heterocycles. The number of fused-ring (bicyclic) bond motifs is 1. The largest absolute Gasteiger partial charge is 0.497 e. The Labute approximate surface area is 175 Å². The van der Waals surface area contributed by atoms with Gasteiger partial charge in [0.1, 0.15) is 5.75 Å². The number of piperidine rings is 1. The second-order valence-corrected chi connectivity index (χ2v) is 8.04. The summed E-state index contributed by atoms with van der Waals surface area (Å²) in [7, 11) is 1.66. The van der Waals surface area contributed by atoms with Gasteiger partial charge in [-0.25, -0.2) is 0 Å². The second kappa shape index (κ2) is 8.09. The molecule has 1 aliphatic rings. The Kier molecular flexibility index (Phi) is 5.52. The van der Waals surface area contributed by atoms with Crippen molar-refractivity contribution in [3.05, 3.63) is 65.3 Å². The van der Waals surface area contributed by atoms with Crippen molar-refractivity contribution < 1.29 is 14.6 Å². The van der Waals surface area contributed by atoms with Crippen LogP contribution < -0.4 is 4.74 Å². The van der Waals surface area contributed by atoms with Crippen molar-refractivity contribution >= 4 is 28.4 Å². The monoisotopic (exact) mass is 412 g/mol. The SMILES string of the molecule is COc1ccc2c(ccn2CCC(=O)N2CCC(O)(c3ccc(Cl)cc3)CC2)c1. The zero-order valence-electron chi connectivity index (χ0n) is 16.5. The molecule has 0 spiro atoms. The lowest BCUT2D eigenvalue weighted by Gasteiger charge is -2.38. The van der Waals surface area contributed by atoms with Crippen molar-refractivity contribution in [2.45, 2.75) is 31.4 Å². The number of aliphatic hydroxyl groups is 1. The van der Waals surface area contributed by atoms with Crippen LogP contribution in [-0.2, 0) is 16.9 Å². The van der Waals surface area contributed by atoms with Crippen molar-refractivity contribution in [2.24, 2.45) is 0 Å². The molecule has 0 atom stereocenters. The van der Waals surface area contributed by atoms with Crippen LogP contribution in [0.1, 0.15) is 24.8 Å². The minimum atomic E-state index is -0.892. The maximum Gasteiger partial charge on any atom is 0.224 e. The highest BCUT2D eigenvalue weighted by atomic mass is 35.5. The summed E-state index contributed by atoms with van der Waals surface area (Å²) in [5, 5.41) is 12.7. The van der Waals surface area contributed by atoms with E-state index in [1.165, 1.54) is 0 Å². The summed E-state index contributed by atoms with van der Waals surface area (Å²) < 4.78 is 7.36. The summed E-state index contributed by atoms with van der Waals surface area (Å²) in [5.41, 5.74) is 1.06. The molecule has 3 aromatic rings. The Morgan fingerprint density at radius 1 is 1.14 bits per heavy atom. The molecular formula is C23H25ClN2O3. The highest BCUT2D eigenvalue weighted by Crippen LogP contribution is 2.33. The molecule has 29 heavy (non-hydrogen) atoms. The van der Waals surface area contributed by atoms with Gasteiger partial charge in [0.2, 0.25) is 5.91 Å².